The van der Waals surface area contributed by atoms with Gasteiger partial charge in [-0.2, -0.15) is 8.78 Å². The standard InChI is InChI=1S/C14H18F2N2OS.ClH/c15-14(16)20-12-6-3-11(4-7-12)18-13(19)8-5-10-2-1-9-17-10;/h3-4,6-7,10,14,17H,1-2,5,8-9H2,(H,18,19);1H. The highest BCUT2D eigenvalue weighted by molar-refractivity contribution is 7.99. The fourth-order valence-electron chi connectivity index (χ4n) is 2.25. The van der Waals surface area contributed by atoms with Gasteiger partial charge in [0.15, 0.2) is 0 Å². The Morgan fingerprint density at radius 2 is 2.10 bits per heavy atom. The number of amides is 1. The molecule has 0 bridgehead atoms. The van der Waals surface area contributed by atoms with Crippen LogP contribution in [0.5, 0.6) is 0 Å². The highest BCUT2D eigenvalue weighted by Gasteiger charge is 2.15. The second-order valence-electron chi connectivity index (χ2n) is 4.78. The molecule has 1 aromatic rings. The van der Waals surface area contributed by atoms with Crippen LogP contribution in [0.4, 0.5) is 14.5 Å². The van der Waals surface area contributed by atoms with Gasteiger partial charge in [0.05, 0.1) is 0 Å². The molecule has 1 unspecified atom stereocenters. The van der Waals surface area contributed by atoms with E-state index in [1.54, 1.807) is 24.3 Å². The summed E-state index contributed by atoms with van der Waals surface area (Å²) in [7, 11) is 0. The van der Waals surface area contributed by atoms with Gasteiger partial charge in [-0.1, -0.05) is 11.8 Å². The maximum Gasteiger partial charge on any atom is 0.288 e. The second-order valence-corrected chi connectivity index (χ2v) is 5.85. The Kier molecular flexibility index (Phi) is 8.00. The first-order valence-corrected chi connectivity index (χ1v) is 7.59. The number of carbonyl (C=O) groups excluding carboxylic acids is 1. The van der Waals surface area contributed by atoms with E-state index in [-0.39, 0.29) is 18.3 Å². The maximum absolute atomic E-state index is 12.2. The molecule has 1 aliphatic heterocycles. The summed E-state index contributed by atoms with van der Waals surface area (Å²) < 4.78 is 24.3. The minimum Gasteiger partial charge on any atom is -0.326 e. The predicted octanol–water partition coefficient (Wildman–Crippen LogP) is 3.89. The third-order valence-electron chi connectivity index (χ3n) is 3.25. The van der Waals surface area contributed by atoms with Gasteiger partial charge in [0, 0.05) is 23.0 Å². The first-order chi connectivity index (χ1) is 9.63. The lowest BCUT2D eigenvalue weighted by atomic mass is 10.1. The van der Waals surface area contributed by atoms with Crippen molar-refractivity contribution in [1.82, 2.24) is 5.32 Å². The van der Waals surface area contributed by atoms with Crippen LogP contribution in [0.15, 0.2) is 29.2 Å². The molecule has 1 amide bonds. The third-order valence-corrected chi connectivity index (χ3v) is 3.97. The van der Waals surface area contributed by atoms with E-state index in [1.807, 2.05) is 0 Å². The Balaban J connectivity index is 0.00000220. The zero-order valence-corrected chi connectivity index (χ0v) is 13.1. The molecule has 1 saturated heterocycles. The molecule has 7 heteroatoms. The number of anilines is 1. The first-order valence-electron chi connectivity index (χ1n) is 6.71. The van der Waals surface area contributed by atoms with Crippen LogP contribution in [-0.2, 0) is 4.79 Å². The molecule has 2 rings (SSSR count). The van der Waals surface area contributed by atoms with Crippen molar-refractivity contribution in [2.45, 2.75) is 42.4 Å². The Morgan fingerprint density at radius 3 is 2.67 bits per heavy atom. The van der Waals surface area contributed by atoms with Crippen LogP contribution in [-0.4, -0.2) is 24.3 Å². The molecule has 0 aliphatic carbocycles. The summed E-state index contributed by atoms with van der Waals surface area (Å²) in [6.45, 7) is 1.04. The van der Waals surface area contributed by atoms with Gasteiger partial charge in [-0.3, -0.25) is 4.79 Å². The molecule has 1 heterocycles. The van der Waals surface area contributed by atoms with Gasteiger partial charge in [0.2, 0.25) is 5.91 Å². The summed E-state index contributed by atoms with van der Waals surface area (Å²) in [5, 5.41) is 6.13. The molecule has 118 valence electrons. The van der Waals surface area contributed by atoms with Crippen LogP contribution in [0.2, 0.25) is 0 Å². The van der Waals surface area contributed by atoms with Crippen molar-refractivity contribution < 1.29 is 13.6 Å². The summed E-state index contributed by atoms with van der Waals surface area (Å²) in [4.78, 5) is 12.3. The maximum atomic E-state index is 12.2. The first kappa shape index (κ1) is 18.2. The van der Waals surface area contributed by atoms with Gasteiger partial charge in [-0.05, 0) is 50.1 Å². The fraction of sp³-hybridized carbons (Fsp3) is 0.500. The largest absolute Gasteiger partial charge is 0.326 e. The van der Waals surface area contributed by atoms with Crippen molar-refractivity contribution in [3.8, 4) is 0 Å². The Bertz CT molecular complexity index is 439. The highest BCUT2D eigenvalue weighted by Crippen LogP contribution is 2.26. The van der Waals surface area contributed by atoms with Gasteiger partial charge in [-0.25, -0.2) is 0 Å². The van der Waals surface area contributed by atoms with Crippen LogP contribution in [0.1, 0.15) is 25.7 Å². The molecule has 0 saturated carbocycles. The Morgan fingerprint density at radius 1 is 1.38 bits per heavy atom. The number of halogens is 3. The molecule has 0 spiro atoms. The minimum atomic E-state index is -2.42. The topological polar surface area (TPSA) is 41.1 Å². The van der Waals surface area contributed by atoms with Crippen molar-refractivity contribution >= 4 is 35.8 Å². The van der Waals surface area contributed by atoms with Crippen molar-refractivity contribution in [2.24, 2.45) is 0 Å². The van der Waals surface area contributed by atoms with Crippen LogP contribution >= 0.6 is 24.2 Å². The van der Waals surface area contributed by atoms with Gasteiger partial charge in [0.1, 0.15) is 0 Å². The van der Waals surface area contributed by atoms with E-state index in [1.165, 1.54) is 6.42 Å². The summed E-state index contributed by atoms with van der Waals surface area (Å²) in [6, 6.07) is 6.92. The minimum absolute atomic E-state index is 0. The normalized spacial score (nSPS) is 17.6. The van der Waals surface area contributed by atoms with E-state index in [0.717, 1.165) is 19.4 Å². The number of benzene rings is 1. The summed E-state index contributed by atoms with van der Waals surface area (Å²) in [5.74, 6) is -2.46. The van der Waals surface area contributed by atoms with E-state index in [0.29, 0.717) is 34.8 Å². The molecule has 2 N–H and O–H groups in total. The van der Waals surface area contributed by atoms with Crippen molar-refractivity contribution in [2.75, 3.05) is 11.9 Å². The molecule has 0 radical (unpaired) electrons. The monoisotopic (exact) mass is 336 g/mol. The number of thioether (sulfide) groups is 1. The summed E-state index contributed by atoms with van der Waals surface area (Å²) >= 11 is 0.499. The van der Waals surface area contributed by atoms with Crippen LogP contribution in [0, 0.1) is 0 Å². The van der Waals surface area contributed by atoms with E-state index in [4.69, 9.17) is 0 Å². The molecule has 3 nitrogen and oxygen atoms in total. The van der Waals surface area contributed by atoms with Crippen LogP contribution < -0.4 is 10.6 Å². The number of hydrogen-bond acceptors (Lipinski definition) is 3. The van der Waals surface area contributed by atoms with E-state index in [2.05, 4.69) is 10.6 Å². The molecule has 0 aromatic heterocycles. The number of rotatable bonds is 6. The Labute approximate surface area is 133 Å². The van der Waals surface area contributed by atoms with Crippen molar-refractivity contribution in [3.05, 3.63) is 24.3 Å². The zero-order chi connectivity index (χ0) is 14.4. The van der Waals surface area contributed by atoms with Gasteiger partial charge in [-0.15, -0.1) is 12.4 Å². The molecule has 1 atom stereocenters. The number of nitrogens with one attached hydrogen (secondary N) is 2. The van der Waals surface area contributed by atoms with Gasteiger partial charge < -0.3 is 10.6 Å². The zero-order valence-electron chi connectivity index (χ0n) is 11.5. The third kappa shape index (κ3) is 6.63. The second kappa shape index (κ2) is 9.23. The summed E-state index contributed by atoms with van der Waals surface area (Å²) in [6.07, 6.45) is 3.62. The molecule has 1 aromatic carbocycles. The lowest BCUT2D eigenvalue weighted by Crippen LogP contribution is -2.23. The van der Waals surface area contributed by atoms with Gasteiger partial charge >= 0.3 is 0 Å². The average molecular weight is 337 g/mol. The highest BCUT2D eigenvalue weighted by atomic mass is 35.5. The number of alkyl halides is 2. The van der Waals surface area contributed by atoms with Gasteiger partial charge in [0.25, 0.3) is 5.76 Å². The fourth-order valence-corrected chi connectivity index (χ4v) is 2.75. The molecule has 1 aliphatic rings. The quantitative estimate of drug-likeness (QED) is 0.774. The average Bonchev–Trinajstić information content (AvgIpc) is 2.91. The predicted molar refractivity (Wildman–Crippen MR) is 84.4 cm³/mol. The van der Waals surface area contributed by atoms with E-state index >= 15 is 0 Å². The van der Waals surface area contributed by atoms with Crippen molar-refractivity contribution in [1.29, 1.82) is 0 Å². The van der Waals surface area contributed by atoms with E-state index in [9.17, 15) is 13.6 Å². The lowest BCUT2D eigenvalue weighted by Gasteiger charge is -2.10. The molecule has 21 heavy (non-hydrogen) atoms. The number of carbonyl (C=O) groups is 1. The lowest BCUT2D eigenvalue weighted by molar-refractivity contribution is -0.116. The smallest absolute Gasteiger partial charge is 0.288 e. The molecular weight excluding hydrogens is 318 g/mol. The van der Waals surface area contributed by atoms with Crippen LogP contribution in [0.25, 0.3) is 0 Å². The SMILES string of the molecule is Cl.O=C(CCC1CCCN1)Nc1ccc(SC(F)F)cc1. The molecule has 1 fully saturated rings. The van der Waals surface area contributed by atoms with Crippen LogP contribution in [0.3, 0.4) is 0 Å². The van der Waals surface area contributed by atoms with E-state index < -0.39 is 5.76 Å². The van der Waals surface area contributed by atoms with Crippen molar-refractivity contribution in [3.63, 3.8) is 0 Å². The molecular formula is C14H19ClF2N2OS. The Hall–Kier alpha value is -0.850. The number of hydrogen-bond donors (Lipinski definition) is 2. The summed E-state index contributed by atoms with van der Waals surface area (Å²) in [5.41, 5.74) is 0.646.